The van der Waals surface area contributed by atoms with Crippen molar-refractivity contribution >= 4 is 11.8 Å². The van der Waals surface area contributed by atoms with E-state index in [1.165, 1.54) is 0 Å². The molecule has 1 aliphatic heterocycles. The van der Waals surface area contributed by atoms with Crippen molar-refractivity contribution in [2.45, 2.75) is 6.42 Å². The van der Waals surface area contributed by atoms with Gasteiger partial charge in [-0.05, 0) is 23.8 Å². The van der Waals surface area contributed by atoms with E-state index in [4.69, 9.17) is 9.47 Å². The Morgan fingerprint density at radius 3 is 2.50 bits per heavy atom. The van der Waals surface area contributed by atoms with Gasteiger partial charge in [0.05, 0.1) is 6.42 Å². The Labute approximate surface area is 139 Å². The van der Waals surface area contributed by atoms with Crippen LogP contribution in [0.4, 0.5) is 0 Å². The number of amides is 2. The van der Waals surface area contributed by atoms with E-state index >= 15 is 0 Å². The molecule has 6 nitrogen and oxygen atoms in total. The maximum atomic E-state index is 12.1. The first kappa shape index (κ1) is 15.9. The fraction of sp³-hybridized carbons (Fsp3) is 0.222. The summed E-state index contributed by atoms with van der Waals surface area (Å²) in [7, 11) is 0. The first-order valence-electron chi connectivity index (χ1n) is 7.71. The second-order valence-electron chi connectivity index (χ2n) is 5.34. The van der Waals surface area contributed by atoms with Crippen LogP contribution in [0, 0.1) is 0 Å². The molecular formula is C18H18N2O4. The van der Waals surface area contributed by atoms with Crippen LogP contribution in [0.2, 0.25) is 0 Å². The van der Waals surface area contributed by atoms with Gasteiger partial charge >= 0.3 is 0 Å². The summed E-state index contributed by atoms with van der Waals surface area (Å²) in [6.45, 7) is 0.906. The first-order valence-corrected chi connectivity index (χ1v) is 7.71. The van der Waals surface area contributed by atoms with Crippen LogP contribution in [-0.2, 0) is 11.2 Å². The molecule has 0 aromatic heterocycles. The molecule has 1 heterocycles. The molecule has 0 unspecified atom stereocenters. The molecule has 124 valence electrons. The Morgan fingerprint density at radius 1 is 0.917 bits per heavy atom. The highest BCUT2D eigenvalue weighted by Gasteiger charge is 2.15. The van der Waals surface area contributed by atoms with Gasteiger partial charge in [-0.1, -0.05) is 30.3 Å². The molecule has 0 spiro atoms. The van der Waals surface area contributed by atoms with Gasteiger partial charge in [0.2, 0.25) is 12.7 Å². The topological polar surface area (TPSA) is 76.7 Å². The average molecular weight is 326 g/mol. The first-order chi connectivity index (χ1) is 11.7. The summed E-state index contributed by atoms with van der Waals surface area (Å²) in [5.74, 6) is 0.919. The molecule has 3 rings (SSSR count). The minimum Gasteiger partial charge on any atom is -0.454 e. The van der Waals surface area contributed by atoms with Gasteiger partial charge in [0.1, 0.15) is 0 Å². The van der Waals surface area contributed by atoms with E-state index in [2.05, 4.69) is 10.6 Å². The molecule has 24 heavy (non-hydrogen) atoms. The van der Waals surface area contributed by atoms with E-state index < -0.39 is 0 Å². The molecule has 0 radical (unpaired) electrons. The monoisotopic (exact) mass is 326 g/mol. The Bertz CT molecular complexity index is 731. The highest BCUT2D eigenvalue weighted by Crippen LogP contribution is 2.32. The van der Waals surface area contributed by atoms with E-state index in [9.17, 15) is 9.59 Å². The normalized spacial score (nSPS) is 11.8. The smallest absolute Gasteiger partial charge is 0.251 e. The largest absolute Gasteiger partial charge is 0.454 e. The van der Waals surface area contributed by atoms with Gasteiger partial charge in [0, 0.05) is 18.7 Å². The molecular weight excluding hydrogens is 308 g/mol. The molecule has 0 aliphatic carbocycles. The van der Waals surface area contributed by atoms with Crippen LogP contribution in [0.1, 0.15) is 15.9 Å². The van der Waals surface area contributed by atoms with Gasteiger partial charge in [-0.3, -0.25) is 9.59 Å². The number of fused-ring (bicyclic) bond motifs is 1. The standard InChI is InChI=1S/C18H18N2O4/c21-17(10-13-4-2-1-3-5-13)19-8-9-20-18(22)14-6-7-15-16(11-14)24-12-23-15/h1-7,11H,8-10,12H2,(H,19,21)(H,20,22). The van der Waals surface area contributed by atoms with Crippen molar-refractivity contribution in [1.82, 2.24) is 10.6 Å². The van der Waals surface area contributed by atoms with Crippen LogP contribution in [-0.4, -0.2) is 31.7 Å². The molecule has 0 saturated carbocycles. The molecule has 6 heteroatoms. The SMILES string of the molecule is O=C(Cc1ccccc1)NCCNC(=O)c1ccc2c(c1)OCO2. The Morgan fingerprint density at radius 2 is 1.67 bits per heavy atom. The third-order valence-electron chi connectivity index (χ3n) is 3.57. The lowest BCUT2D eigenvalue weighted by atomic mass is 10.1. The van der Waals surface area contributed by atoms with Gasteiger partial charge in [0.15, 0.2) is 11.5 Å². The lowest BCUT2D eigenvalue weighted by molar-refractivity contribution is -0.120. The van der Waals surface area contributed by atoms with E-state index in [-0.39, 0.29) is 18.6 Å². The van der Waals surface area contributed by atoms with Gasteiger partial charge < -0.3 is 20.1 Å². The summed E-state index contributed by atoms with van der Waals surface area (Å²) < 4.78 is 10.4. The van der Waals surface area contributed by atoms with E-state index in [0.717, 1.165) is 5.56 Å². The van der Waals surface area contributed by atoms with Crippen molar-refractivity contribution in [2.75, 3.05) is 19.9 Å². The second kappa shape index (κ2) is 7.50. The molecule has 2 aromatic rings. The highest BCUT2D eigenvalue weighted by molar-refractivity contribution is 5.95. The lowest BCUT2D eigenvalue weighted by Crippen LogP contribution is -2.35. The summed E-state index contributed by atoms with van der Waals surface area (Å²) in [4.78, 5) is 23.9. The number of ether oxygens (including phenoxy) is 2. The Balaban J connectivity index is 1.40. The molecule has 0 saturated heterocycles. The van der Waals surface area contributed by atoms with Crippen LogP contribution >= 0.6 is 0 Å². The molecule has 0 bridgehead atoms. The predicted octanol–water partition coefficient (Wildman–Crippen LogP) is 1.50. The van der Waals surface area contributed by atoms with E-state index in [1.54, 1.807) is 18.2 Å². The molecule has 0 atom stereocenters. The number of hydrogen-bond donors (Lipinski definition) is 2. The van der Waals surface area contributed by atoms with Crippen LogP contribution in [0.5, 0.6) is 11.5 Å². The quantitative estimate of drug-likeness (QED) is 0.789. The van der Waals surface area contributed by atoms with Gasteiger partial charge in [-0.2, -0.15) is 0 Å². The van der Waals surface area contributed by atoms with Crippen LogP contribution < -0.4 is 20.1 Å². The van der Waals surface area contributed by atoms with Crippen molar-refractivity contribution in [3.8, 4) is 11.5 Å². The summed E-state index contributed by atoms with van der Waals surface area (Å²) in [6, 6.07) is 14.5. The van der Waals surface area contributed by atoms with Crippen molar-refractivity contribution in [1.29, 1.82) is 0 Å². The number of benzene rings is 2. The fourth-order valence-corrected chi connectivity index (χ4v) is 2.36. The highest BCUT2D eigenvalue weighted by atomic mass is 16.7. The molecule has 2 amide bonds. The maximum absolute atomic E-state index is 12.1. The third kappa shape index (κ3) is 4.04. The van der Waals surface area contributed by atoms with Gasteiger partial charge in [-0.25, -0.2) is 0 Å². The maximum Gasteiger partial charge on any atom is 0.251 e. The van der Waals surface area contributed by atoms with Crippen LogP contribution in [0.25, 0.3) is 0 Å². The van der Waals surface area contributed by atoms with Crippen molar-refractivity contribution in [3.05, 3.63) is 59.7 Å². The zero-order valence-corrected chi connectivity index (χ0v) is 13.1. The van der Waals surface area contributed by atoms with Crippen LogP contribution in [0.3, 0.4) is 0 Å². The summed E-state index contributed by atoms with van der Waals surface area (Å²) >= 11 is 0. The molecule has 0 fully saturated rings. The molecule has 2 aromatic carbocycles. The number of hydrogen-bond acceptors (Lipinski definition) is 4. The Hall–Kier alpha value is -3.02. The summed E-state index contributed by atoms with van der Waals surface area (Å²) in [5.41, 5.74) is 1.45. The zero-order valence-electron chi connectivity index (χ0n) is 13.1. The minimum absolute atomic E-state index is 0.0708. The molecule has 2 N–H and O–H groups in total. The number of carbonyl (C=O) groups is 2. The average Bonchev–Trinajstić information content (AvgIpc) is 3.07. The van der Waals surface area contributed by atoms with Crippen molar-refractivity contribution < 1.29 is 19.1 Å². The number of carbonyl (C=O) groups excluding carboxylic acids is 2. The number of nitrogens with one attached hydrogen (secondary N) is 2. The lowest BCUT2D eigenvalue weighted by Gasteiger charge is -2.08. The summed E-state index contributed by atoms with van der Waals surface area (Å²) in [6.07, 6.45) is 0.330. The van der Waals surface area contributed by atoms with E-state index in [0.29, 0.717) is 36.6 Å². The van der Waals surface area contributed by atoms with E-state index in [1.807, 2.05) is 30.3 Å². The summed E-state index contributed by atoms with van der Waals surface area (Å²) in [5, 5.41) is 5.54. The van der Waals surface area contributed by atoms with Gasteiger partial charge in [-0.15, -0.1) is 0 Å². The van der Waals surface area contributed by atoms with Crippen molar-refractivity contribution in [3.63, 3.8) is 0 Å². The van der Waals surface area contributed by atoms with Gasteiger partial charge in [0.25, 0.3) is 5.91 Å². The predicted molar refractivity (Wildman–Crippen MR) is 88.1 cm³/mol. The Kier molecular flexibility index (Phi) is 4.96. The van der Waals surface area contributed by atoms with Crippen LogP contribution in [0.15, 0.2) is 48.5 Å². The zero-order chi connectivity index (χ0) is 16.8. The molecule has 1 aliphatic rings. The third-order valence-corrected chi connectivity index (χ3v) is 3.57. The fourth-order valence-electron chi connectivity index (χ4n) is 2.36. The second-order valence-corrected chi connectivity index (χ2v) is 5.34. The minimum atomic E-state index is -0.217. The van der Waals surface area contributed by atoms with Crippen molar-refractivity contribution in [2.24, 2.45) is 0 Å². The number of rotatable bonds is 6.